The molecule has 1 aromatic rings. The Morgan fingerprint density at radius 1 is 1.36 bits per heavy atom. The van der Waals surface area contributed by atoms with E-state index < -0.39 is 0 Å². The van der Waals surface area contributed by atoms with Crippen molar-refractivity contribution in [3.63, 3.8) is 0 Å². The number of aliphatic imine (C=N–C) groups is 1. The number of para-hydroxylation sites is 1. The van der Waals surface area contributed by atoms with Gasteiger partial charge in [-0.2, -0.15) is 0 Å². The molecule has 0 radical (unpaired) electrons. The Morgan fingerprint density at radius 3 is 2.79 bits per heavy atom. The first kappa shape index (κ1) is 9.18. The van der Waals surface area contributed by atoms with Crippen LogP contribution in [0, 0.1) is 0 Å². The van der Waals surface area contributed by atoms with Gasteiger partial charge in [-0.15, -0.1) is 5.06 Å². The number of hydroxylamine groups is 2. The smallest absolute Gasteiger partial charge is 0.207 e. The van der Waals surface area contributed by atoms with Gasteiger partial charge in [0.25, 0.3) is 0 Å². The van der Waals surface area contributed by atoms with Crippen LogP contribution in [0.3, 0.4) is 0 Å². The van der Waals surface area contributed by atoms with Crippen LogP contribution in [0.25, 0.3) is 0 Å². The first-order chi connectivity index (χ1) is 6.88. The van der Waals surface area contributed by atoms with Crippen LogP contribution in [-0.2, 0) is 9.57 Å². The molecule has 14 heavy (non-hydrogen) atoms. The highest BCUT2D eigenvalue weighted by Gasteiger charge is 2.18. The molecule has 0 unspecified atom stereocenters. The largest absolute Gasteiger partial charge is 0.461 e. The van der Waals surface area contributed by atoms with E-state index in [-0.39, 0.29) is 0 Å². The maximum atomic E-state index is 5.31. The number of hydrogen-bond acceptors (Lipinski definition) is 4. The van der Waals surface area contributed by atoms with Crippen LogP contribution in [0.1, 0.15) is 0 Å². The lowest BCUT2D eigenvalue weighted by Crippen LogP contribution is -2.18. The lowest BCUT2D eigenvalue weighted by molar-refractivity contribution is -0.135. The number of hydrogen-bond donors (Lipinski definition) is 0. The third kappa shape index (κ3) is 2.10. The highest BCUT2D eigenvalue weighted by atomic mass is 16.7. The number of benzene rings is 1. The van der Waals surface area contributed by atoms with Gasteiger partial charge in [0.15, 0.2) is 6.73 Å². The maximum absolute atomic E-state index is 5.31. The van der Waals surface area contributed by atoms with Crippen LogP contribution in [0.15, 0.2) is 35.3 Å². The number of rotatable bonds is 2. The first-order valence-electron chi connectivity index (χ1n) is 4.43. The van der Waals surface area contributed by atoms with Crippen LogP contribution < -0.4 is 0 Å². The van der Waals surface area contributed by atoms with Crippen LogP contribution in [0.5, 0.6) is 0 Å². The average molecular weight is 192 g/mol. The van der Waals surface area contributed by atoms with Gasteiger partial charge in [0.1, 0.15) is 6.54 Å². The minimum atomic E-state index is 0.447. The Balaban J connectivity index is 2.06. The van der Waals surface area contributed by atoms with Gasteiger partial charge in [-0.3, -0.25) is 4.84 Å². The van der Waals surface area contributed by atoms with Crippen molar-refractivity contribution in [3.8, 4) is 0 Å². The van der Waals surface area contributed by atoms with Crippen molar-refractivity contribution in [2.24, 2.45) is 4.99 Å². The second-order valence-electron chi connectivity index (χ2n) is 2.94. The zero-order valence-corrected chi connectivity index (χ0v) is 8.01. The van der Waals surface area contributed by atoms with Gasteiger partial charge in [0.05, 0.1) is 12.8 Å². The van der Waals surface area contributed by atoms with Crippen LogP contribution in [-0.4, -0.2) is 31.3 Å². The predicted molar refractivity (Wildman–Crippen MR) is 53.2 cm³/mol. The molecule has 1 heterocycles. The van der Waals surface area contributed by atoms with Gasteiger partial charge >= 0.3 is 0 Å². The van der Waals surface area contributed by atoms with Gasteiger partial charge in [-0.05, 0) is 12.1 Å². The Morgan fingerprint density at radius 2 is 2.14 bits per heavy atom. The highest BCUT2D eigenvalue weighted by molar-refractivity contribution is 5.82. The van der Waals surface area contributed by atoms with E-state index >= 15 is 0 Å². The minimum absolute atomic E-state index is 0.447. The summed E-state index contributed by atoms with van der Waals surface area (Å²) in [4.78, 5) is 9.34. The van der Waals surface area contributed by atoms with Crippen molar-refractivity contribution in [2.45, 2.75) is 0 Å². The van der Waals surface area contributed by atoms with E-state index in [2.05, 4.69) is 4.99 Å². The van der Waals surface area contributed by atoms with Gasteiger partial charge in [0.2, 0.25) is 5.90 Å². The van der Waals surface area contributed by atoms with Gasteiger partial charge in [-0.1, -0.05) is 18.2 Å². The predicted octanol–water partition coefficient (Wildman–Crippen LogP) is 1.57. The summed E-state index contributed by atoms with van der Waals surface area (Å²) in [6, 6.07) is 9.73. The molecule has 1 aromatic carbocycles. The molecule has 0 bridgehead atoms. The zero-order valence-electron chi connectivity index (χ0n) is 8.01. The molecule has 0 saturated carbocycles. The van der Waals surface area contributed by atoms with E-state index in [0.29, 0.717) is 19.2 Å². The fourth-order valence-electron chi connectivity index (χ4n) is 1.22. The molecule has 1 saturated heterocycles. The molecule has 1 aliphatic heterocycles. The lowest BCUT2D eigenvalue weighted by atomic mass is 10.3. The van der Waals surface area contributed by atoms with E-state index in [4.69, 9.17) is 9.57 Å². The topological polar surface area (TPSA) is 34.1 Å². The molecular formula is C10H12N2O2. The SMILES string of the molecule is CON1COC(=Nc2ccccc2)C1. The molecule has 4 heteroatoms. The lowest BCUT2D eigenvalue weighted by Gasteiger charge is -2.04. The standard InChI is InChI=1S/C10H12N2O2/c1-13-12-7-10(14-8-12)11-9-5-3-2-4-6-9/h2-6H,7-8H2,1H3. The maximum Gasteiger partial charge on any atom is 0.207 e. The van der Waals surface area contributed by atoms with E-state index in [1.165, 1.54) is 0 Å². The van der Waals surface area contributed by atoms with Crippen molar-refractivity contribution < 1.29 is 9.57 Å². The third-order valence-electron chi connectivity index (χ3n) is 1.95. The molecule has 74 valence electrons. The molecule has 1 aliphatic rings. The second kappa shape index (κ2) is 4.21. The van der Waals surface area contributed by atoms with Gasteiger partial charge in [0, 0.05) is 0 Å². The zero-order chi connectivity index (χ0) is 9.80. The molecule has 1 fully saturated rings. The molecule has 4 nitrogen and oxygen atoms in total. The molecule has 2 rings (SSSR count). The summed E-state index contributed by atoms with van der Waals surface area (Å²) < 4.78 is 5.31. The fourth-order valence-corrected chi connectivity index (χ4v) is 1.22. The number of ether oxygens (including phenoxy) is 1. The van der Waals surface area contributed by atoms with E-state index in [1.807, 2.05) is 30.3 Å². The van der Waals surface area contributed by atoms with Crippen molar-refractivity contribution in [2.75, 3.05) is 20.4 Å². The summed E-state index contributed by atoms with van der Waals surface area (Å²) in [5.41, 5.74) is 0.903. The third-order valence-corrected chi connectivity index (χ3v) is 1.95. The molecular weight excluding hydrogens is 180 g/mol. The van der Waals surface area contributed by atoms with Gasteiger partial charge in [-0.25, -0.2) is 4.99 Å². The van der Waals surface area contributed by atoms with Crippen LogP contribution in [0.4, 0.5) is 5.69 Å². The fraction of sp³-hybridized carbons (Fsp3) is 0.300. The molecule has 0 N–H and O–H groups in total. The minimum Gasteiger partial charge on any atom is -0.461 e. The summed E-state index contributed by atoms with van der Waals surface area (Å²) in [7, 11) is 1.62. The Kier molecular flexibility index (Phi) is 2.76. The Hall–Kier alpha value is -1.39. The second-order valence-corrected chi connectivity index (χ2v) is 2.94. The Labute approximate surface area is 82.7 Å². The van der Waals surface area contributed by atoms with Crippen molar-refractivity contribution in [1.29, 1.82) is 0 Å². The van der Waals surface area contributed by atoms with E-state index in [0.717, 1.165) is 5.69 Å². The Bertz CT molecular complexity index is 324. The molecule has 0 amide bonds. The average Bonchev–Trinajstić information content (AvgIpc) is 2.67. The highest BCUT2D eigenvalue weighted by Crippen LogP contribution is 2.13. The first-order valence-corrected chi connectivity index (χ1v) is 4.43. The molecule has 0 spiro atoms. The van der Waals surface area contributed by atoms with Crippen LogP contribution >= 0.6 is 0 Å². The van der Waals surface area contributed by atoms with Crippen molar-refractivity contribution in [1.82, 2.24) is 5.06 Å². The molecule has 0 atom stereocenters. The summed E-state index contributed by atoms with van der Waals surface area (Å²) in [6.07, 6.45) is 0. The number of nitrogens with zero attached hydrogens (tertiary/aromatic N) is 2. The summed E-state index contributed by atoms with van der Waals surface area (Å²) in [6.45, 7) is 1.05. The monoisotopic (exact) mass is 192 g/mol. The van der Waals surface area contributed by atoms with E-state index in [1.54, 1.807) is 12.2 Å². The summed E-state index contributed by atoms with van der Waals surface area (Å²) >= 11 is 0. The summed E-state index contributed by atoms with van der Waals surface area (Å²) in [5, 5.41) is 1.70. The summed E-state index contributed by atoms with van der Waals surface area (Å²) in [5.74, 6) is 0.693. The molecule has 0 aliphatic carbocycles. The normalized spacial score (nSPS) is 19.9. The van der Waals surface area contributed by atoms with Crippen molar-refractivity contribution in [3.05, 3.63) is 30.3 Å². The quantitative estimate of drug-likeness (QED) is 0.713. The molecule has 0 aromatic heterocycles. The van der Waals surface area contributed by atoms with Crippen LogP contribution in [0.2, 0.25) is 0 Å². The van der Waals surface area contributed by atoms with Crippen molar-refractivity contribution >= 4 is 11.6 Å². The van der Waals surface area contributed by atoms with Gasteiger partial charge < -0.3 is 4.74 Å². The van der Waals surface area contributed by atoms with E-state index in [9.17, 15) is 0 Å².